The lowest BCUT2D eigenvalue weighted by Gasteiger charge is -2.09. The number of unbranched alkanes of at least 4 members (excludes halogenated alkanes) is 5. The molecule has 2 aromatic rings. The van der Waals surface area contributed by atoms with Crippen LogP contribution in [0.3, 0.4) is 0 Å². The molecule has 2 nitrogen and oxygen atoms in total. The van der Waals surface area contributed by atoms with E-state index in [1.54, 1.807) is 0 Å². The van der Waals surface area contributed by atoms with Gasteiger partial charge in [0.15, 0.2) is 5.43 Å². The Hall–Kier alpha value is -1.57. The minimum Gasteiger partial charge on any atom is -0.461 e. The molecule has 0 spiro atoms. The topological polar surface area (TPSA) is 30.2 Å². The predicted octanol–water partition coefficient (Wildman–Crippen LogP) is 5.65. The van der Waals surface area contributed by atoms with Gasteiger partial charge in [0.1, 0.15) is 11.3 Å². The van der Waals surface area contributed by atoms with Crippen LogP contribution in [-0.2, 0) is 12.8 Å². The van der Waals surface area contributed by atoms with Gasteiger partial charge in [-0.05, 0) is 25.0 Å². The second-order valence-electron chi connectivity index (χ2n) is 6.10. The fourth-order valence-electron chi connectivity index (χ4n) is 3.00. The molecule has 0 N–H and O–H groups in total. The van der Waals surface area contributed by atoms with E-state index in [-0.39, 0.29) is 5.43 Å². The van der Waals surface area contributed by atoms with Crippen LogP contribution < -0.4 is 5.43 Å². The van der Waals surface area contributed by atoms with Gasteiger partial charge in [-0.3, -0.25) is 4.79 Å². The van der Waals surface area contributed by atoms with Gasteiger partial charge in [-0.2, -0.15) is 0 Å². The summed E-state index contributed by atoms with van der Waals surface area (Å²) in [5, 5.41) is 0.720. The lowest BCUT2D eigenvalue weighted by atomic mass is 10.0. The summed E-state index contributed by atoms with van der Waals surface area (Å²) in [4.78, 5) is 12.7. The van der Waals surface area contributed by atoms with Crippen molar-refractivity contribution in [2.45, 2.75) is 71.6 Å². The maximum atomic E-state index is 12.7. The monoisotopic (exact) mass is 300 g/mol. The van der Waals surface area contributed by atoms with E-state index in [1.807, 2.05) is 24.3 Å². The average Bonchev–Trinajstić information content (AvgIpc) is 2.54. The van der Waals surface area contributed by atoms with Crippen LogP contribution in [0.5, 0.6) is 0 Å². The van der Waals surface area contributed by atoms with E-state index in [2.05, 4.69) is 13.8 Å². The minimum atomic E-state index is 0.171. The van der Waals surface area contributed by atoms with E-state index in [4.69, 9.17) is 4.42 Å². The van der Waals surface area contributed by atoms with Gasteiger partial charge in [-0.15, -0.1) is 0 Å². The maximum absolute atomic E-state index is 12.7. The molecule has 2 rings (SSSR count). The number of para-hydroxylation sites is 1. The molecule has 0 saturated carbocycles. The standard InChI is InChI=1S/C20H28O2/c1-3-5-6-7-8-9-14-18-16(12-4-2)20(21)17-13-10-11-15-19(17)22-18/h10-11,13,15H,3-9,12,14H2,1-2H3. The Bertz CT molecular complexity index is 640. The first-order valence-corrected chi connectivity index (χ1v) is 8.81. The fourth-order valence-corrected chi connectivity index (χ4v) is 3.00. The molecule has 0 bridgehead atoms. The number of hydrogen-bond donors (Lipinski definition) is 0. The Morgan fingerprint density at radius 3 is 2.36 bits per heavy atom. The van der Waals surface area contributed by atoms with Crippen molar-refractivity contribution in [1.82, 2.24) is 0 Å². The minimum absolute atomic E-state index is 0.171. The van der Waals surface area contributed by atoms with E-state index in [0.29, 0.717) is 0 Å². The molecule has 0 saturated heterocycles. The molecule has 0 amide bonds. The number of hydrogen-bond acceptors (Lipinski definition) is 2. The lowest BCUT2D eigenvalue weighted by molar-refractivity contribution is 0.501. The highest BCUT2D eigenvalue weighted by molar-refractivity contribution is 5.77. The summed E-state index contributed by atoms with van der Waals surface area (Å²) in [6.07, 6.45) is 10.2. The Labute approximate surface area is 133 Å². The maximum Gasteiger partial charge on any atom is 0.196 e. The smallest absolute Gasteiger partial charge is 0.196 e. The first kappa shape index (κ1) is 16.8. The third-order valence-corrected chi connectivity index (χ3v) is 4.23. The van der Waals surface area contributed by atoms with Gasteiger partial charge >= 0.3 is 0 Å². The van der Waals surface area contributed by atoms with Crippen molar-refractivity contribution < 1.29 is 4.42 Å². The van der Waals surface area contributed by atoms with Crippen LogP contribution in [0, 0.1) is 0 Å². The van der Waals surface area contributed by atoms with Gasteiger partial charge in [-0.1, -0.05) is 64.5 Å². The van der Waals surface area contributed by atoms with Crippen LogP contribution in [0.2, 0.25) is 0 Å². The molecule has 0 radical (unpaired) electrons. The van der Waals surface area contributed by atoms with Crippen molar-refractivity contribution >= 4 is 11.0 Å². The summed E-state index contributed by atoms with van der Waals surface area (Å²) >= 11 is 0. The number of fused-ring (bicyclic) bond motifs is 1. The van der Waals surface area contributed by atoms with Crippen LogP contribution in [0.1, 0.15) is 70.1 Å². The Morgan fingerprint density at radius 2 is 1.59 bits per heavy atom. The molecule has 120 valence electrons. The van der Waals surface area contributed by atoms with Gasteiger partial charge in [0, 0.05) is 12.0 Å². The van der Waals surface area contributed by atoms with Gasteiger partial charge in [-0.25, -0.2) is 0 Å². The summed E-state index contributed by atoms with van der Waals surface area (Å²) < 4.78 is 6.05. The van der Waals surface area contributed by atoms with E-state index in [1.165, 1.54) is 32.1 Å². The molecule has 0 aliphatic heterocycles. The SMILES string of the molecule is CCCCCCCCc1oc2ccccc2c(=O)c1CCC. The molecule has 0 unspecified atom stereocenters. The summed E-state index contributed by atoms with van der Waals surface area (Å²) in [7, 11) is 0. The van der Waals surface area contributed by atoms with Crippen LogP contribution >= 0.6 is 0 Å². The van der Waals surface area contributed by atoms with E-state index >= 15 is 0 Å². The summed E-state index contributed by atoms with van der Waals surface area (Å²) in [6, 6.07) is 7.60. The number of aryl methyl sites for hydroxylation is 1. The van der Waals surface area contributed by atoms with Crippen molar-refractivity contribution in [3.8, 4) is 0 Å². The quantitative estimate of drug-likeness (QED) is 0.560. The van der Waals surface area contributed by atoms with Crippen molar-refractivity contribution in [3.05, 3.63) is 45.8 Å². The van der Waals surface area contributed by atoms with Gasteiger partial charge in [0.25, 0.3) is 0 Å². The van der Waals surface area contributed by atoms with E-state index < -0.39 is 0 Å². The number of benzene rings is 1. The van der Waals surface area contributed by atoms with Crippen LogP contribution in [0.4, 0.5) is 0 Å². The van der Waals surface area contributed by atoms with E-state index in [9.17, 15) is 4.79 Å². The first-order valence-electron chi connectivity index (χ1n) is 8.81. The van der Waals surface area contributed by atoms with Gasteiger partial charge in [0.2, 0.25) is 0 Å². The molecule has 0 fully saturated rings. The highest BCUT2D eigenvalue weighted by Crippen LogP contribution is 2.19. The highest BCUT2D eigenvalue weighted by atomic mass is 16.3. The molecule has 1 heterocycles. The van der Waals surface area contributed by atoms with Crippen molar-refractivity contribution in [2.75, 3.05) is 0 Å². The van der Waals surface area contributed by atoms with Gasteiger partial charge < -0.3 is 4.42 Å². The molecule has 22 heavy (non-hydrogen) atoms. The van der Waals surface area contributed by atoms with Crippen LogP contribution in [-0.4, -0.2) is 0 Å². The Kier molecular flexibility index (Phi) is 6.70. The first-order chi connectivity index (χ1) is 10.8. The molecule has 1 aromatic heterocycles. The largest absolute Gasteiger partial charge is 0.461 e. The third-order valence-electron chi connectivity index (χ3n) is 4.23. The average molecular weight is 300 g/mol. The molecular formula is C20H28O2. The zero-order chi connectivity index (χ0) is 15.8. The summed E-state index contributed by atoms with van der Waals surface area (Å²) in [5.41, 5.74) is 1.80. The Balaban J connectivity index is 2.13. The fraction of sp³-hybridized carbons (Fsp3) is 0.550. The lowest BCUT2D eigenvalue weighted by Crippen LogP contribution is -2.13. The normalized spacial score (nSPS) is 11.2. The van der Waals surface area contributed by atoms with Crippen molar-refractivity contribution in [1.29, 1.82) is 0 Å². The second kappa shape index (κ2) is 8.77. The second-order valence-corrected chi connectivity index (χ2v) is 6.10. The zero-order valence-corrected chi connectivity index (χ0v) is 14.0. The molecule has 0 aliphatic rings. The Morgan fingerprint density at radius 1 is 0.864 bits per heavy atom. The molecule has 1 aromatic carbocycles. The predicted molar refractivity (Wildman–Crippen MR) is 93.6 cm³/mol. The molecular weight excluding hydrogens is 272 g/mol. The van der Waals surface area contributed by atoms with E-state index in [0.717, 1.165) is 48.0 Å². The number of rotatable bonds is 9. The summed E-state index contributed by atoms with van der Waals surface area (Å²) in [6.45, 7) is 4.35. The van der Waals surface area contributed by atoms with Gasteiger partial charge in [0.05, 0.1) is 5.39 Å². The molecule has 0 atom stereocenters. The molecule has 0 aliphatic carbocycles. The summed E-state index contributed by atoms with van der Waals surface area (Å²) in [5.74, 6) is 0.918. The van der Waals surface area contributed by atoms with Crippen LogP contribution in [0.15, 0.2) is 33.5 Å². The highest BCUT2D eigenvalue weighted by Gasteiger charge is 2.13. The zero-order valence-electron chi connectivity index (χ0n) is 14.0. The van der Waals surface area contributed by atoms with Crippen molar-refractivity contribution in [3.63, 3.8) is 0 Å². The van der Waals surface area contributed by atoms with Crippen LogP contribution in [0.25, 0.3) is 11.0 Å². The third kappa shape index (κ3) is 4.22. The molecule has 2 heteroatoms. The van der Waals surface area contributed by atoms with Crippen molar-refractivity contribution in [2.24, 2.45) is 0 Å².